The lowest BCUT2D eigenvalue weighted by molar-refractivity contribution is -0.115. The Kier molecular flexibility index (Phi) is 6.37. The highest BCUT2D eigenvalue weighted by molar-refractivity contribution is 5.99. The number of nitrogens with zero attached hydrogens (tertiary/aromatic N) is 2. The molecule has 2 amide bonds. The lowest BCUT2D eigenvalue weighted by atomic mass is 10.1. The van der Waals surface area contributed by atoms with E-state index < -0.39 is 0 Å². The maximum atomic E-state index is 12.7. The number of carbonyl (C=O) groups is 2. The van der Waals surface area contributed by atoms with Crippen LogP contribution in [0.3, 0.4) is 0 Å². The zero-order valence-corrected chi connectivity index (χ0v) is 17.7. The van der Waals surface area contributed by atoms with Gasteiger partial charge in [0.2, 0.25) is 5.91 Å². The van der Waals surface area contributed by atoms with Crippen molar-refractivity contribution in [2.24, 2.45) is 7.05 Å². The summed E-state index contributed by atoms with van der Waals surface area (Å²) in [6.07, 6.45) is 4.30. The number of benzene rings is 2. The largest absolute Gasteiger partial charge is 0.350 e. The number of nitrogens with one attached hydrogen (secondary N) is 1. The van der Waals surface area contributed by atoms with Crippen molar-refractivity contribution in [2.75, 3.05) is 18.9 Å². The van der Waals surface area contributed by atoms with Crippen LogP contribution in [0.25, 0.3) is 10.9 Å². The molecule has 3 aromatic rings. The molecule has 1 aromatic heterocycles. The summed E-state index contributed by atoms with van der Waals surface area (Å²) in [5.74, 6) is -0.114. The Bertz CT molecular complexity index is 1040. The van der Waals surface area contributed by atoms with Crippen LogP contribution in [0.1, 0.15) is 41.3 Å². The summed E-state index contributed by atoms with van der Waals surface area (Å²) in [4.78, 5) is 27.1. The number of para-hydroxylation sites is 1. The number of unbranched alkanes of at least 4 members (excludes halogenated alkanes) is 1. The highest BCUT2D eigenvalue weighted by atomic mass is 16.2. The molecule has 0 radical (unpaired) electrons. The molecule has 0 saturated heterocycles. The van der Waals surface area contributed by atoms with Crippen molar-refractivity contribution in [3.63, 3.8) is 0 Å². The van der Waals surface area contributed by atoms with Gasteiger partial charge in [0.25, 0.3) is 5.91 Å². The molecule has 0 aliphatic rings. The molecule has 0 aliphatic carbocycles. The standard InChI is InChI=1S/C24H29N3O2/c1-5-6-13-26(3)24(29)18-12-11-17(2)21(14-18)25-23(28)15-19-16-27(4)22-10-8-7-9-20(19)22/h7-12,14,16H,5-6,13,15H2,1-4H3,(H,25,28). The van der Waals surface area contributed by atoms with Crippen molar-refractivity contribution in [2.45, 2.75) is 33.1 Å². The second-order valence-electron chi connectivity index (χ2n) is 7.62. The van der Waals surface area contributed by atoms with Gasteiger partial charge in [-0.25, -0.2) is 0 Å². The number of aromatic nitrogens is 1. The van der Waals surface area contributed by atoms with Gasteiger partial charge in [0.1, 0.15) is 0 Å². The molecule has 2 aromatic carbocycles. The molecule has 0 fully saturated rings. The maximum Gasteiger partial charge on any atom is 0.253 e. The molecule has 5 heteroatoms. The highest BCUT2D eigenvalue weighted by Gasteiger charge is 2.15. The zero-order chi connectivity index (χ0) is 21.0. The van der Waals surface area contributed by atoms with E-state index in [1.54, 1.807) is 11.0 Å². The third-order valence-corrected chi connectivity index (χ3v) is 5.28. The Hall–Kier alpha value is -3.08. The molecule has 0 aliphatic heterocycles. The minimum absolute atomic E-state index is 0.0250. The lowest BCUT2D eigenvalue weighted by Crippen LogP contribution is -2.27. The fourth-order valence-electron chi connectivity index (χ4n) is 3.54. The van der Waals surface area contributed by atoms with Crippen molar-refractivity contribution in [1.82, 2.24) is 9.47 Å². The van der Waals surface area contributed by atoms with Crippen LogP contribution >= 0.6 is 0 Å². The quantitative estimate of drug-likeness (QED) is 0.643. The van der Waals surface area contributed by atoms with Crippen molar-refractivity contribution >= 4 is 28.4 Å². The van der Waals surface area contributed by atoms with E-state index in [1.165, 1.54) is 0 Å². The molecular weight excluding hydrogens is 362 g/mol. The number of hydrogen-bond donors (Lipinski definition) is 1. The summed E-state index contributed by atoms with van der Waals surface area (Å²) in [7, 11) is 3.80. The molecule has 0 atom stereocenters. The first-order valence-electron chi connectivity index (χ1n) is 10.1. The van der Waals surface area contributed by atoms with Crippen LogP contribution in [0.5, 0.6) is 0 Å². The average molecular weight is 392 g/mol. The number of aryl methyl sites for hydroxylation is 2. The SMILES string of the molecule is CCCCN(C)C(=O)c1ccc(C)c(NC(=O)Cc2cn(C)c3ccccc23)c1. The highest BCUT2D eigenvalue weighted by Crippen LogP contribution is 2.22. The van der Waals surface area contributed by atoms with Gasteiger partial charge in [0.15, 0.2) is 0 Å². The fraction of sp³-hybridized carbons (Fsp3) is 0.333. The first-order chi connectivity index (χ1) is 13.9. The number of anilines is 1. The van der Waals surface area contributed by atoms with E-state index in [0.29, 0.717) is 11.3 Å². The van der Waals surface area contributed by atoms with Crippen LogP contribution in [0.15, 0.2) is 48.7 Å². The Labute approximate surface area is 172 Å². The summed E-state index contributed by atoms with van der Waals surface area (Å²) in [5, 5.41) is 4.08. The Morgan fingerprint density at radius 1 is 1.14 bits per heavy atom. The summed E-state index contributed by atoms with van der Waals surface area (Å²) >= 11 is 0. The van der Waals surface area contributed by atoms with E-state index in [-0.39, 0.29) is 18.2 Å². The molecule has 1 N–H and O–H groups in total. The first-order valence-corrected chi connectivity index (χ1v) is 10.1. The third-order valence-electron chi connectivity index (χ3n) is 5.28. The lowest BCUT2D eigenvalue weighted by Gasteiger charge is -2.18. The number of amides is 2. The van der Waals surface area contributed by atoms with Gasteiger partial charge in [-0.05, 0) is 42.7 Å². The van der Waals surface area contributed by atoms with Crippen LogP contribution in [0.2, 0.25) is 0 Å². The molecule has 29 heavy (non-hydrogen) atoms. The molecule has 0 unspecified atom stereocenters. The molecule has 1 heterocycles. The van der Waals surface area contributed by atoms with Gasteiger partial charge in [0.05, 0.1) is 6.42 Å². The van der Waals surface area contributed by atoms with E-state index in [2.05, 4.69) is 12.2 Å². The number of rotatable bonds is 7. The third kappa shape index (κ3) is 4.67. The molecular formula is C24H29N3O2. The van der Waals surface area contributed by atoms with Crippen molar-refractivity contribution in [1.29, 1.82) is 0 Å². The van der Waals surface area contributed by atoms with Crippen LogP contribution in [0, 0.1) is 6.92 Å². The van der Waals surface area contributed by atoms with E-state index in [1.807, 2.05) is 68.2 Å². The normalized spacial score (nSPS) is 10.9. The predicted molar refractivity (Wildman–Crippen MR) is 118 cm³/mol. The predicted octanol–water partition coefficient (Wildman–Crippen LogP) is 4.54. The number of fused-ring (bicyclic) bond motifs is 1. The fourth-order valence-corrected chi connectivity index (χ4v) is 3.54. The van der Waals surface area contributed by atoms with Gasteiger partial charge >= 0.3 is 0 Å². The van der Waals surface area contributed by atoms with Crippen LogP contribution in [-0.2, 0) is 18.3 Å². The number of carbonyl (C=O) groups excluding carboxylic acids is 2. The summed E-state index contributed by atoms with van der Waals surface area (Å²) in [6.45, 7) is 4.77. The molecule has 152 valence electrons. The Morgan fingerprint density at radius 3 is 2.66 bits per heavy atom. The van der Waals surface area contributed by atoms with Crippen LogP contribution in [-0.4, -0.2) is 34.9 Å². The van der Waals surface area contributed by atoms with Gasteiger partial charge in [0, 0.05) is 49.0 Å². The summed E-state index contributed by atoms with van der Waals surface area (Å²) in [5.41, 5.74) is 4.31. The van der Waals surface area contributed by atoms with E-state index in [0.717, 1.165) is 41.4 Å². The Morgan fingerprint density at radius 2 is 1.90 bits per heavy atom. The van der Waals surface area contributed by atoms with Gasteiger partial charge in [-0.15, -0.1) is 0 Å². The van der Waals surface area contributed by atoms with Crippen molar-refractivity contribution < 1.29 is 9.59 Å². The van der Waals surface area contributed by atoms with Gasteiger partial charge in [-0.3, -0.25) is 9.59 Å². The molecule has 5 nitrogen and oxygen atoms in total. The zero-order valence-electron chi connectivity index (χ0n) is 17.7. The van der Waals surface area contributed by atoms with E-state index >= 15 is 0 Å². The molecule has 0 spiro atoms. The second-order valence-corrected chi connectivity index (χ2v) is 7.62. The minimum atomic E-state index is -0.0895. The van der Waals surface area contributed by atoms with E-state index in [4.69, 9.17) is 0 Å². The average Bonchev–Trinajstić information content (AvgIpc) is 3.03. The topological polar surface area (TPSA) is 54.3 Å². The van der Waals surface area contributed by atoms with Gasteiger partial charge in [-0.1, -0.05) is 37.6 Å². The molecule has 3 rings (SSSR count). The monoisotopic (exact) mass is 391 g/mol. The minimum Gasteiger partial charge on any atom is -0.350 e. The summed E-state index contributed by atoms with van der Waals surface area (Å²) < 4.78 is 2.04. The van der Waals surface area contributed by atoms with Crippen LogP contribution in [0.4, 0.5) is 5.69 Å². The molecule has 0 saturated carbocycles. The smallest absolute Gasteiger partial charge is 0.253 e. The molecule has 0 bridgehead atoms. The number of hydrogen-bond acceptors (Lipinski definition) is 2. The van der Waals surface area contributed by atoms with Crippen molar-refractivity contribution in [3.05, 3.63) is 65.4 Å². The maximum absolute atomic E-state index is 12.7. The second kappa shape index (κ2) is 8.95. The first kappa shape index (κ1) is 20.6. The summed E-state index contributed by atoms with van der Waals surface area (Å²) in [6, 6.07) is 13.5. The van der Waals surface area contributed by atoms with Gasteiger partial charge < -0.3 is 14.8 Å². The van der Waals surface area contributed by atoms with Crippen LogP contribution < -0.4 is 5.32 Å². The van der Waals surface area contributed by atoms with E-state index in [9.17, 15) is 9.59 Å². The Balaban J connectivity index is 1.75. The van der Waals surface area contributed by atoms with Crippen molar-refractivity contribution in [3.8, 4) is 0 Å². The van der Waals surface area contributed by atoms with Gasteiger partial charge in [-0.2, -0.15) is 0 Å².